The van der Waals surface area contributed by atoms with E-state index < -0.39 is 11.4 Å². The average Bonchev–Trinajstić information content (AvgIpc) is 3.50. The van der Waals surface area contributed by atoms with Crippen LogP contribution in [0.25, 0.3) is 0 Å². The van der Waals surface area contributed by atoms with Gasteiger partial charge in [0, 0.05) is 44.6 Å². The van der Waals surface area contributed by atoms with Crippen molar-refractivity contribution in [1.82, 2.24) is 9.80 Å². The van der Waals surface area contributed by atoms with Crippen molar-refractivity contribution in [3.63, 3.8) is 0 Å². The first-order valence-electron chi connectivity index (χ1n) is 21.9. The summed E-state index contributed by atoms with van der Waals surface area (Å²) in [6.07, 6.45) is 11.7. The molecule has 1 N–H and O–H groups in total. The van der Waals surface area contributed by atoms with Gasteiger partial charge in [-0.2, -0.15) is 0 Å². The Hall–Kier alpha value is -2.67. The molecule has 1 aromatic rings. The summed E-state index contributed by atoms with van der Waals surface area (Å²) >= 11 is 0. The number of carbonyl (C=O) groups is 3. The van der Waals surface area contributed by atoms with Gasteiger partial charge in [0.05, 0.1) is 11.8 Å². The molecular formula is C48H72N2O5. The Kier molecular flexibility index (Phi) is 10.5. The topological polar surface area (TPSA) is 87.2 Å². The fourth-order valence-electron chi connectivity index (χ4n) is 14.8. The van der Waals surface area contributed by atoms with Crippen LogP contribution in [0.3, 0.4) is 0 Å². The molecular weight excluding hydrogens is 685 g/mol. The quantitative estimate of drug-likeness (QED) is 0.200. The molecule has 7 nitrogen and oxygen atoms in total. The first-order valence-corrected chi connectivity index (χ1v) is 21.9. The fourth-order valence-corrected chi connectivity index (χ4v) is 14.8. The van der Waals surface area contributed by atoms with Crippen molar-refractivity contribution in [3.05, 3.63) is 48.0 Å². The molecule has 0 radical (unpaired) electrons. The standard InChI is InChI=1S/C48H72N2O5/c1-32(2)34-17-22-48(29-39(51)50-27-25-49(26-28-50)31-33-13-11-10-12-14-33)24-23-46(8)35(41(34)48)15-16-37-45(7)20-19-38(55-40(52)30-43(3,4)42(53)54)44(5,6)36(45)18-21-47(37,46)9/h10-14,34-38,41H,1,15-31H2,2-9H3,(H,53,54)/t34-,35+,36-,37+,38-,41+,45-,46+,47+,48+/m0/s1. The number of amides is 1. The van der Waals surface area contributed by atoms with Gasteiger partial charge in [-0.1, -0.05) is 77.1 Å². The minimum atomic E-state index is -1.14. The number of rotatable bonds is 9. The molecule has 304 valence electrons. The number of hydrogen-bond donors (Lipinski definition) is 1. The van der Waals surface area contributed by atoms with Gasteiger partial charge in [0.1, 0.15) is 6.10 Å². The first-order chi connectivity index (χ1) is 25.8. The molecule has 6 fully saturated rings. The van der Waals surface area contributed by atoms with Gasteiger partial charge in [0.25, 0.3) is 0 Å². The summed E-state index contributed by atoms with van der Waals surface area (Å²) in [5, 5.41) is 9.64. The number of piperazine rings is 1. The van der Waals surface area contributed by atoms with Crippen LogP contribution in [0.15, 0.2) is 42.5 Å². The van der Waals surface area contributed by atoms with Crippen LogP contribution in [0.4, 0.5) is 0 Å². The van der Waals surface area contributed by atoms with Gasteiger partial charge in [-0.3, -0.25) is 19.3 Å². The molecule has 1 aliphatic heterocycles. The summed E-state index contributed by atoms with van der Waals surface area (Å²) < 4.78 is 6.21. The predicted molar refractivity (Wildman–Crippen MR) is 218 cm³/mol. The number of carboxylic acids is 1. The minimum Gasteiger partial charge on any atom is -0.481 e. The van der Waals surface area contributed by atoms with Gasteiger partial charge in [-0.25, -0.2) is 0 Å². The van der Waals surface area contributed by atoms with E-state index in [1.807, 2.05) is 0 Å². The molecule has 1 amide bonds. The third kappa shape index (κ3) is 6.72. The molecule has 5 aliphatic carbocycles. The molecule has 7 rings (SSSR count). The molecule has 7 heteroatoms. The molecule has 0 bridgehead atoms. The van der Waals surface area contributed by atoms with Crippen LogP contribution < -0.4 is 0 Å². The van der Waals surface area contributed by atoms with Gasteiger partial charge in [0.2, 0.25) is 5.91 Å². The van der Waals surface area contributed by atoms with E-state index in [1.54, 1.807) is 13.8 Å². The van der Waals surface area contributed by atoms with Gasteiger partial charge in [-0.15, -0.1) is 0 Å². The number of carbonyl (C=O) groups excluding carboxylic acids is 2. The second-order valence-electron chi connectivity index (χ2n) is 21.6. The van der Waals surface area contributed by atoms with Crippen molar-refractivity contribution in [1.29, 1.82) is 0 Å². The number of hydrogen-bond acceptors (Lipinski definition) is 5. The van der Waals surface area contributed by atoms with Crippen molar-refractivity contribution in [2.45, 2.75) is 145 Å². The van der Waals surface area contributed by atoms with Crippen LogP contribution in [0.5, 0.6) is 0 Å². The summed E-state index contributed by atoms with van der Waals surface area (Å²) in [5.41, 5.74) is 1.92. The highest BCUT2D eigenvalue weighted by molar-refractivity contribution is 5.81. The maximum absolute atomic E-state index is 14.4. The number of carboxylic acid groups (broad SMARTS) is 1. The van der Waals surface area contributed by atoms with E-state index in [0.29, 0.717) is 41.9 Å². The Morgan fingerprint density at radius 1 is 0.836 bits per heavy atom. The molecule has 0 spiro atoms. The highest BCUT2D eigenvalue weighted by Crippen LogP contribution is 2.78. The SMILES string of the molecule is C=C(C)[C@@H]1CC[C@]2(CC(=O)N3CCN(Cc4ccccc4)CC3)CC[C@]3(C)[C@H](CC[C@@H]4[C@@]5(C)CC[C@H](OC(=O)CC(C)(C)C(=O)O)C(C)(C)[C@@H]5CC[C@]43C)[C@@H]12. The highest BCUT2D eigenvalue weighted by Gasteiger charge is 2.71. The molecule has 10 atom stereocenters. The van der Waals surface area contributed by atoms with Gasteiger partial charge in [-0.05, 0) is 142 Å². The number of nitrogens with zero attached hydrogens (tertiary/aromatic N) is 2. The van der Waals surface area contributed by atoms with Crippen LogP contribution in [0.1, 0.15) is 138 Å². The van der Waals surface area contributed by atoms with Gasteiger partial charge >= 0.3 is 11.9 Å². The summed E-state index contributed by atoms with van der Waals surface area (Å²) in [5.74, 6) is 1.63. The lowest BCUT2D eigenvalue weighted by molar-refractivity contribution is -0.250. The van der Waals surface area contributed by atoms with E-state index in [4.69, 9.17) is 4.74 Å². The third-order valence-electron chi connectivity index (χ3n) is 18.1. The third-order valence-corrected chi connectivity index (χ3v) is 18.1. The van der Waals surface area contributed by atoms with Gasteiger partial charge in [0.15, 0.2) is 0 Å². The van der Waals surface area contributed by atoms with E-state index in [-0.39, 0.29) is 45.6 Å². The van der Waals surface area contributed by atoms with E-state index in [2.05, 4.69) is 88.3 Å². The van der Waals surface area contributed by atoms with E-state index >= 15 is 0 Å². The number of aliphatic carboxylic acids is 1. The van der Waals surface area contributed by atoms with Crippen LogP contribution in [0, 0.1) is 62.1 Å². The highest BCUT2D eigenvalue weighted by atomic mass is 16.5. The summed E-state index contributed by atoms with van der Waals surface area (Å²) in [7, 11) is 0. The van der Waals surface area contributed by atoms with Crippen LogP contribution in [0.2, 0.25) is 0 Å². The Balaban J connectivity index is 1.07. The normalized spacial score (nSPS) is 39.9. The number of ether oxygens (including phenoxy) is 1. The molecule has 0 aromatic heterocycles. The molecule has 5 saturated carbocycles. The predicted octanol–water partition coefficient (Wildman–Crippen LogP) is 9.79. The van der Waals surface area contributed by atoms with Crippen molar-refractivity contribution in [3.8, 4) is 0 Å². The smallest absolute Gasteiger partial charge is 0.309 e. The lowest BCUT2D eigenvalue weighted by Gasteiger charge is -2.73. The van der Waals surface area contributed by atoms with Crippen LogP contribution in [-0.4, -0.2) is 65.0 Å². The zero-order chi connectivity index (χ0) is 39.8. The largest absolute Gasteiger partial charge is 0.481 e. The zero-order valence-corrected chi connectivity index (χ0v) is 35.6. The zero-order valence-electron chi connectivity index (χ0n) is 35.6. The second-order valence-corrected chi connectivity index (χ2v) is 21.6. The summed E-state index contributed by atoms with van der Waals surface area (Å²) in [6, 6.07) is 10.7. The number of fused-ring (bicyclic) bond motifs is 7. The molecule has 55 heavy (non-hydrogen) atoms. The Morgan fingerprint density at radius 2 is 1.53 bits per heavy atom. The van der Waals surface area contributed by atoms with E-state index in [9.17, 15) is 19.5 Å². The number of benzene rings is 1. The molecule has 1 heterocycles. The Labute approximate surface area is 332 Å². The first kappa shape index (κ1) is 40.5. The maximum atomic E-state index is 14.4. The van der Waals surface area contributed by atoms with Crippen molar-refractivity contribution in [2.24, 2.45) is 62.1 Å². The van der Waals surface area contributed by atoms with Crippen LogP contribution in [-0.2, 0) is 25.7 Å². The molecule has 6 aliphatic rings. The van der Waals surface area contributed by atoms with E-state index in [0.717, 1.165) is 64.8 Å². The van der Waals surface area contributed by atoms with Crippen LogP contribution >= 0.6 is 0 Å². The average molecular weight is 757 g/mol. The van der Waals surface area contributed by atoms with Crippen molar-refractivity contribution < 1.29 is 24.2 Å². The molecule has 0 unspecified atom stereocenters. The van der Waals surface area contributed by atoms with Crippen molar-refractivity contribution >= 4 is 17.8 Å². The number of esters is 1. The van der Waals surface area contributed by atoms with E-state index in [1.165, 1.54) is 43.2 Å². The summed E-state index contributed by atoms with van der Waals surface area (Å²) in [4.78, 5) is 44.0. The molecule has 1 saturated heterocycles. The second kappa shape index (κ2) is 14.3. The van der Waals surface area contributed by atoms with Crippen molar-refractivity contribution in [2.75, 3.05) is 26.2 Å². The lowest BCUT2D eigenvalue weighted by Crippen LogP contribution is -2.67. The Bertz CT molecular complexity index is 1650. The fraction of sp³-hybridized carbons (Fsp3) is 0.771. The number of allylic oxidation sites excluding steroid dienone is 1. The minimum absolute atomic E-state index is 0.0650. The maximum Gasteiger partial charge on any atom is 0.309 e. The molecule has 1 aromatic carbocycles. The Morgan fingerprint density at radius 3 is 2.18 bits per heavy atom. The van der Waals surface area contributed by atoms with Gasteiger partial charge < -0.3 is 14.7 Å². The summed E-state index contributed by atoms with van der Waals surface area (Å²) in [6.45, 7) is 27.1. The monoisotopic (exact) mass is 757 g/mol. The lowest BCUT2D eigenvalue weighted by atomic mass is 9.32.